The van der Waals surface area contributed by atoms with Gasteiger partial charge in [0.15, 0.2) is 5.78 Å². The Morgan fingerprint density at radius 3 is 2.46 bits per heavy atom. The Labute approximate surface area is 143 Å². The molecule has 0 amide bonds. The Morgan fingerprint density at radius 1 is 1.04 bits per heavy atom. The number of hydrogen-bond acceptors (Lipinski definition) is 3. The van der Waals surface area contributed by atoms with E-state index < -0.39 is 0 Å². The van der Waals surface area contributed by atoms with Gasteiger partial charge < -0.3 is 9.72 Å². The van der Waals surface area contributed by atoms with Crippen LogP contribution in [0.4, 0.5) is 0 Å². The second-order valence-electron chi connectivity index (χ2n) is 6.25. The van der Waals surface area contributed by atoms with Crippen molar-refractivity contribution in [2.24, 2.45) is 0 Å². The summed E-state index contributed by atoms with van der Waals surface area (Å²) in [5.41, 5.74) is 2.00. The van der Waals surface area contributed by atoms with Crippen molar-refractivity contribution in [2.75, 3.05) is 7.11 Å². The second-order valence-corrected chi connectivity index (χ2v) is 6.25. The zero-order chi connectivity index (χ0) is 17.4. The Balaban J connectivity index is 1.93. The van der Waals surface area contributed by atoms with Gasteiger partial charge in [-0.2, -0.15) is 0 Å². The number of Topliss-reactive ketones (excluding diaryl/α,β-unsaturated/α-hetero) is 1. The number of fused-ring (bicyclic) bond motifs is 1. The summed E-state index contributed by atoms with van der Waals surface area (Å²) in [7, 11) is 1.36. The highest BCUT2D eigenvalue weighted by Gasteiger charge is 2.14. The summed E-state index contributed by atoms with van der Waals surface area (Å²) in [6.07, 6.45) is 10.6. The number of nitrogens with one attached hydrogen (secondary N) is 1. The fourth-order valence-electron chi connectivity index (χ4n) is 2.97. The van der Waals surface area contributed by atoms with Gasteiger partial charge in [0.1, 0.15) is 0 Å². The average molecular weight is 329 g/mol. The zero-order valence-corrected chi connectivity index (χ0v) is 14.7. The SMILES string of the molecule is CCCCCCCCCC(=O)c1c[nH]c2ccc(C(=O)OC)cc12. The van der Waals surface area contributed by atoms with E-state index in [2.05, 4.69) is 11.9 Å². The number of aromatic amines is 1. The van der Waals surface area contributed by atoms with Gasteiger partial charge in [0.05, 0.1) is 12.7 Å². The van der Waals surface area contributed by atoms with Crippen molar-refractivity contribution >= 4 is 22.7 Å². The number of benzene rings is 1. The number of methoxy groups -OCH3 is 1. The molecule has 4 heteroatoms. The molecule has 0 atom stereocenters. The maximum absolute atomic E-state index is 12.5. The fourth-order valence-corrected chi connectivity index (χ4v) is 2.97. The minimum Gasteiger partial charge on any atom is -0.465 e. The molecular formula is C20H27NO3. The van der Waals surface area contributed by atoms with Crippen LogP contribution in [0.25, 0.3) is 10.9 Å². The van der Waals surface area contributed by atoms with E-state index in [1.807, 2.05) is 6.07 Å². The van der Waals surface area contributed by atoms with Gasteiger partial charge in [0.25, 0.3) is 0 Å². The van der Waals surface area contributed by atoms with Gasteiger partial charge in [-0.15, -0.1) is 0 Å². The van der Waals surface area contributed by atoms with E-state index in [4.69, 9.17) is 4.74 Å². The molecule has 0 spiro atoms. The van der Waals surface area contributed by atoms with Gasteiger partial charge in [-0.05, 0) is 24.6 Å². The van der Waals surface area contributed by atoms with Crippen LogP contribution in [-0.4, -0.2) is 23.8 Å². The van der Waals surface area contributed by atoms with Crippen molar-refractivity contribution in [2.45, 2.75) is 58.3 Å². The number of ether oxygens (including phenoxy) is 1. The molecule has 0 saturated heterocycles. The molecule has 24 heavy (non-hydrogen) atoms. The molecule has 0 bridgehead atoms. The van der Waals surface area contributed by atoms with Gasteiger partial charge in [-0.25, -0.2) is 4.79 Å². The second kappa shape index (κ2) is 9.26. The van der Waals surface area contributed by atoms with E-state index in [9.17, 15) is 9.59 Å². The van der Waals surface area contributed by atoms with Crippen LogP contribution in [0.15, 0.2) is 24.4 Å². The molecule has 1 N–H and O–H groups in total. The highest BCUT2D eigenvalue weighted by Crippen LogP contribution is 2.22. The van der Waals surface area contributed by atoms with Crippen molar-refractivity contribution in [3.63, 3.8) is 0 Å². The van der Waals surface area contributed by atoms with E-state index in [-0.39, 0.29) is 11.8 Å². The highest BCUT2D eigenvalue weighted by atomic mass is 16.5. The molecular weight excluding hydrogens is 302 g/mol. The predicted molar refractivity (Wildman–Crippen MR) is 96.6 cm³/mol. The summed E-state index contributed by atoms with van der Waals surface area (Å²) >= 11 is 0. The number of aromatic nitrogens is 1. The van der Waals surface area contributed by atoms with E-state index in [0.717, 1.165) is 23.7 Å². The van der Waals surface area contributed by atoms with Crippen LogP contribution in [0.2, 0.25) is 0 Å². The van der Waals surface area contributed by atoms with E-state index in [0.29, 0.717) is 17.5 Å². The lowest BCUT2D eigenvalue weighted by Crippen LogP contribution is -2.02. The molecule has 1 heterocycles. The van der Waals surface area contributed by atoms with Crippen LogP contribution in [0, 0.1) is 0 Å². The summed E-state index contributed by atoms with van der Waals surface area (Å²) in [6.45, 7) is 2.21. The molecule has 1 aromatic carbocycles. The van der Waals surface area contributed by atoms with E-state index >= 15 is 0 Å². The number of carbonyl (C=O) groups is 2. The average Bonchev–Trinajstić information content (AvgIpc) is 3.03. The number of H-pyrrole nitrogens is 1. The van der Waals surface area contributed by atoms with Crippen LogP contribution in [-0.2, 0) is 4.74 Å². The van der Waals surface area contributed by atoms with E-state index in [1.165, 1.54) is 39.2 Å². The zero-order valence-electron chi connectivity index (χ0n) is 14.7. The van der Waals surface area contributed by atoms with Crippen molar-refractivity contribution in [3.05, 3.63) is 35.5 Å². The number of hydrogen-bond donors (Lipinski definition) is 1. The minimum atomic E-state index is -0.386. The molecule has 0 unspecified atom stereocenters. The van der Waals surface area contributed by atoms with Gasteiger partial charge in [0.2, 0.25) is 0 Å². The largest absolute Gasteiger partial charge is 0.465 e. The Kier molecular flexibility index (Phi) is 7.04. The van der Waals surface area contributed by atoms with Gasteiger partial charge in [-0.3, -0.25) is 4.79 Å². The summed E-state index contributed by atoms with van der Waals surface area (Å²) in [6, 6.07) is 5.25. The van der Waals surface area contributed by atoms with Crippen molar-refractivity contribution in [3.8, 4) is 0 Å². The normalized spacial score (nSPS) is 10.9. The third-order valence-corrected chi connectivity index (χ3v) is 4.41. The fraction of sp³-hybridized carbons (Fsp3) is 0.500. The molecule has 1 aromatic heterocycles. The number of carbonyl (C=O) groups excluding carboxylic acids is 2. The maximum Gasteiger partial charge on any atom is 0.337 e. The Morgan fingerprint density at radius 2 is 1.75 bits per heavy atom. The number of unbranched alkanes of at least 4 members (excludes halogenated alkanes) is 6. The molecule has 0 aliphatic carbocycles. The van der Waals surface area contributed by atoms with Gasteiger partial charge in [0, 0.05) is 29.1 Å². The lowest BCUT2D eigenvalue weighted by Gasteiger charge is -2.03. The summed E-state index contributed by atoms with van der Waals surface area (Å²) in [5.74, 6) is -0.250. The quantitative estimate of drug-likeness (QED) is 0.366. The Bertz CT molecular complexity index is 687. The van der Waals surface area contributed by atoms with Crippen molar-refractivity contribution in [1.82, 2.24) is 4.98 Å². The third-order valence-electron chi connectivity index (χ3n) is 4.41. The maximum atomic E-state index is 12.5. The topological polar surface area (TPSA) is 59.2 Å². The summed E-state index contributed by atoms with van der Waals surface area (Å²) < 4.78 is 4.75. The van der Waals surface area contributed by atoms with Crippen molar-refractivity contribution in [1.29, 1.82) is 0 Å². The van der Waals surface area contributed by atoms with Crippen molar-refractivity contribution < 1.29 is 14.3 Å². The molecule has 2 rings (SSSR count). The molecule has 0 fully saturated rings. The first-order valence-electron chi connectivity index (χ1n) is 8.90. The molecule has 0 aliphatic heterocycles. The molecule has 130 valence electrons. The van der Waals surface area contributed by atoms with Crippen LogP contribution in [0.5, 0.6) is 0 Å². The lowest BCUT2D eigenvalue weighted by molar-refractivity contribution is 0.0600. The lowest BCUT2D eigenvalue weighted by atomic mass is 10.0. The van der Waals surface area contributed by atoms with Crippen LogP contribution >= 0.6 is 0 Å². The van der Waals surface area contributed by atoms with Gasteiger partial charge >= 0.3 is 5.97 Å². The molecule has 0 radical (unpaired) electrons. The van der Waals surface area contributed by atoms with Crippen LogP contribution < -0.4 is 0 Å². The smallest absolute Gasteiger partial charge is 0.337 e. The molecule has 4 nitrogen and oxygen atoms in total. The van der Waals surface area contributed by atoms with Crippen LogP contribution in [0.1, 0.15) is 79.0 Å². The first-order chi connectivity index (χ1) is 11.7. The van der Waals surface area contributed by atoms with E-state index in [1.54, 1.807) is 18.3 Å². The molecule has 0 aliphatic rings. The number of esters is 1. The first kappa shape index (κ1) is 18.2. The third kappa shape index (κ3) is 4.70. The van der Waals surface area contributed by atoms with Gasteiger partial charge in [-0.1, -0.05) is 45.4 Å². The summed E-state index contributed by atoms with van der Waals surface area (Å²) in [4.78, 5) is 27.2. The molecule has 0 saturated carbocycles. The summed E-state index contributed by atoms with van der Waals surface area (Å²) in [5, 5.41) is 0.797. The highest BCUT2D eigenvalue weighted by molar-refractivity contribution is 6.09. The number of ketones is 1. The van der Waals surface area contributed by atoms with Crippen LogP contribution in [0.3, 0.4) is 0 Å². The monoisotopic (exact) mass is 329 g/mol. The first-order valence-corrected chi connectivity index (χ1v) is 8.90. The Hall–Kier alpha value is -2.10. The number of rotatable bonds is 10. The molecule has 2 aromatic rings. The standard InChI is InChI=1S/C20H27NO3/c1-3-4-5-6-7-8-9-10-19(22)17-14-21-18-12-11-15(13-16(17)18)20(23)24-2/h11-14,21H,3-10H2,1-2H3. The minimum absolute atomic E-state index is 0.136. The predicted octanol–water partition coefficient (Wildman–Crippen LogP) is 5.28.